The highest BCUT2D eigenvalue weighted by atomic mass is 16.5. The maximum absolute atomic E-state index is 11.0. The Hall–Kier alpha value is -3.90. The Morgan fingerprint density at radius 3 is 2.67 bits per heavy atom. The second kappa shape index (κ2) is 8.92. The first-order valence-corrected chi connectivity index (χ1v) is 10.8. The number of nitrogens with zero attached hydrogens (tertiary/aromatic N) is 1. The van der Waals surface area contributed by atoms with Crippen LogP contribution in [0.5, 0.6) is 11.5 Å². The van der Waals surface area contributed by atoms with Crippen molar-refractivity contribution in [3.8, 4) is 11.5 Å². The van der Waals surface area contributed by atoms with Crippen molar-refractivity contribution in [3.63, 3.8) is 0 Å². The van der Waals surface area contributed by atoms with Gasteiger partial charge in [-0.25, -0.2) is 9.78 Å². The number of fused-ring (bicyclic) bond motifs is 2. The van der Waals surface area contributed by atoms with Crippen LogP contribution in [0, 0.1) is 5.92 Å². The van der Waals surface area contributed by atoms with Crippen molar-refractivity contribution < 1.29 is 24.5 Å². The van der Waals surface area contributed by atoms with Crippen LogP contribution >= 0.6 is 0 Å². The van der Waals surface area contributed by atoms with Crippen molar-refractivity contribution in [2.24, 2.45) is 5.92 Å². The zero-order valence-corrected chi connectivity index (χ0v) is 17.8. The number of para-hydroxylation sites is 1. The first-order chi connectivity index (χ1) is 16.1. The number of carbonyl (C=O) groups is 1. The van der Waals surface area contributed by atoms with Crippen LogP contribution in [0.3, 0.4) is 0 Å². The molecule has 33 heavy (non-hydrogen) atoms. The summed E-state index contributed by atoms with van der Waals surface area (Å²) in [5.74, 6) is 0.183. The molecule has 0 bridgehead atoms. The molecule has 0 fully saturated rings. The minimum atomic E-state index is -0.956. The molecule has 1 aliphatic rings. The number of ether oxygens (including phenoxy) is 2. The van der Waals surface area contributed by atoms with Gasteiger partial charge < -0.3 is 19.7 Å². The number of hydrogen-bond acceptors (Lipinski definition) is 5. The predicted octanol–water partition coefficient (Wildman–Crippen LogP) is 4.80. The van der Waals surface area contributed by atoms with Crippen LogP contribution in [-0.2, 0) is 13.0 Å². The molecule has 2 N–H and O–H groups in total. The van der Waals surface area contributed by atoms with Crippen LogP contribution in [0.15, 0.2) is 78.9 Å². The molecule has 0 saturated heterocycles. The van der Waals surface area contributed by atoms with Gasteiger partial charge in [0, 0.05) is 16.9 Å². The Morgan fingerprint density at radius 2 is 1.85 bits per heavy atom. The van der Waals surface area contributed by atoms with Gasteiger partial charge in [-0.1, -0.05) is 36.4 Å². The normalized spacial score (nSPS) is 17.2. The number of carboxylic acids is 1. The van der Waals surface area contributed by atoms with Crippen molar-refractivity contribution in [1.29, 1.82) is 0 Å². The summed E-state index contributed by atoms with van der Waals surface area (Å²) in [6.07, 6.45) is -0.137. The lowest BCUT2D eigenvalue weighted by Crippen LogP contribution is -2.27. The van der Waals surface area contributed by atoms with Crippen molar-refractivity contribution in [3.05, 3.63) is 101 Å². The summed E-state index contributed by atoms with van der Waals surface area (Å²) in [4.78, 5) is 15.7. The highest BCUT2D eigenvalue weighted by Crippen LogP contribution is 2.39. The summed E-state index contributed by atoms with van der Waals surface area (Å²) in [5.41, 5.74) is 3.63. The number of carboxylic acid groups (broad SMARTS) is 1. The van der Waals surface area contributed by atoms with Gasteiger partial charge in [0.05, 0.1) is 29.5 Å². The van der Waals surface area contributed by atoms with E-state index < -0.39 is 12.1 Å². The number of benzene rings is 3. The largest absolute Gasteiger partial charge is 0.493 e. The molecule has 0 aliphatic carbocycles. The average Bonchev–Trinajstić information content (AvgIpc) is 2.85. The number of hydrogen-bond donors (Lipinski definition) is 2. The average molecular weight is 441 g/mol. The molecule has 0 amide bonds. The van der Waals surface area contributed by atoms with Crippen LogP contribution < -0.4 is 9.47 Å². The molecule has 4 aromatic rings. The molecule has 0 radical (unpaired) electrons. The third kappa shape index (κ3) is 4.52. The summed E-state index contributed by atoms with van der Waals surface area (Å²) in [7, 11) is 0. The molecule has 3 aromatic carbocycles. The van der Waals surface area contributed by atoms with Gasteiger partial charge in [0.2, 0.25) is 0 Å². The molecule has 1 aliphatic heterocycles. The Balaban J connectivity index is 1.28. The molecule has 1 aromatic heterocycles. The van der Waals surface area contributed by atoms with Crippen molar-refractivity contribution in [2.45, 2.75) is 19.1 Å². The third-order valence-corrected chi connectivity index (χ3v) is 5.94. The Morgan fingerprint density at radius 1 is 1.03 bits per heavy atom. The van der Waals surface area contributed by atoms with E-state index in [1.54, 1.807) is 24.3 Å². The molecule has 2 heterocycles. The van der Waals surface area contributed by atoms with Gasteiger partial charge in [0.15, 0.2) is 0 Å². The van der Waals surface area contributed by atoms with Crippen LogP contribution in [0.1, 0.15) is 33.3 Å². The van der Waals surface area contributed by atoms with E-state index in [0.717, 1.165) is 22.2 Å². The lowest BCUT2D eigenvalue weighted by Gasteiger charge is -2.30. The Kier molecular flexibility index (Phi) is 5.67. The topological polar surface area (TPSA) is 88.9 Å². The first kappa shape index (κ1) is 21.0. The summed E-state index contributed by atoms with van der Waals surface area (Å²) >= 11 is 0. The van der Waals surface area contributed by atoms with E-state index in [9.17, 15) is 9.90 Å². The SMILES string of the molecule is O=C(O)c1ccc(C[C@@H]2COc3ccc(OCc4ccc5ccccc5n4)cc3[C@@H]2O)cc1. The fourth-order valence-corrected chi connectivity index (χ4v) is 4.12. The summed E-state index contributed by atoms with van der Waals surface area (Å²) < 4.78 is 11.8. The summed E-state index contributed by atoms with van der Waals surface area (Å²) in [5, 5.41) is 21.2. The van der Waals surface area contributed by atoms with E-state index in [2.05, 4.69) is 4.98 Å². The highest BCUT2D eigenvalue weighted by Gasteiger charge is 2.30. The fourth-order valence-electron chi connectivity index (χ4n) is 4.12. The van der Waals surface area contributed by atoms with Gasteiger partial charge in [-0.05, 0) is 54.4 Å². The minimum Gasteiger partial charge on any atom is -0.493 e. The number of pyridine rings is 1. The van der Waals surface area contributed by atoms with Gasteiger partial charge in [-0.2, -0.15) is 0 Å². The maximum Gasteiger partial charge on any atom is 0.335 e. The standard InChI is InChI=1S/C27H23NO5/c29-26-20(13-17-5-7-19(8-6-17)27(30)31)15-33-25-12-11-22(14-23(25)26)32-16-21-10-9-18-3-1-2-4-24(18)28-21/h1-12,14,20,26,29H,13,15-16H2,(H,30,31)/t20-,26-/m1/s1. The number of aliphatic hydroxyl groups is 1. The quantitative estimate of drug-likeness (QED) is 0.447. The molecule has 0 saturated carbocycles. The minimum absolute atomic E-state index is 0.148. The van der Waals surface area contributed by atoms with Crippen LogP contribution in [0.4, 0.5) is 0 Å². The molecule has 166 valence electrons. The number of aliphatic hydroxyl groups excluding tert-OH is 1. The molecule has 5 rings (SSSR count). The lowest BCUT2D eigenvalue weighted by atomic mass is 9.88. The van der Waals surface area contributed by atoms with Gasteiger partial charge >= 0.3 is 5.97 Å². The second-order valence-electron chi connectivity index (χ2n) is 8.21. The highest BCUT2D eigenvalue weighted by molar-refractivity contribution is 5.87. The molecule has 0 unspecified atom stereocenters. The van der Waals surface area contributed by atoms with E-state index in [1.165, 1.54) is 0 Å². The number of aromatic nitrogens is 1. The zero-order chi connectivity index (χ0) is 22.8. The third-order valence-electron chi connectivity index (χ3n) is 5.94. The Labute approximate surface area is 191 Å². The predicted molar refractivity (Wildman–Crippen MR) is 124 cm³/mol. The van der Waals surface area contributed by atoms with E-state index >= 15 is 0 Å². The van der Waals surface area contributed by atoms with Gasteiger partial charge in [-0.3, -0.25) is 0 Å². The number of rotatable bonds is 6. The van der Waals surface area contributed by atoms with E-state index in [0.29, 0.717) is 36.7 Å². The monoisotopic (exact) mass is 441 g/mol. The van der Waals surface area contributed by atoms with Crippen LogP contribution in [-0.4, -0.2) is 27.8 Å². The van der Waals surface area contributed by atoms with Gasteiger partial charge in [-0.15, -0.1) is 0 Å². The Bertz CT molecular complexity index is 1300. The number of aromatic carboxylic acids is 1. The molecule has 6 nitrogen and oxygen atoms in total. The smallest absolute Gasteiger partial charge is 0.335 e. The molecule has 6 heteroatoms. The molecule has 2 atom stereocenters. The van der Waals surface area contributed by atoms with Gasteiger partial charge in [0.1, 0.15) is 18.1 Å². The summed E-state index contributed by atoms with van der Waals surface area (Å²) in [6, 6.07) is 24.1. The molecular formula is C27H23NO5. The van der Waals surface area contributed by atoms with E-state index in [-0.39, 0.29) is 11.5 Å². The van der Waals surface area contributed by atoms with Gasteiger partial charge in [0.25, 0.3) is 0 Å². The summed E-state index contributed by atoms with van der Waals surface area (Å²) in [6.45, 7) is 0.704. The lowest BCUT2D eigenvalue weighted by molar-refractivity contribution is 0.0504. The second-order valence-corrected chi connectivity index (χ2v) is 8.21. The zero-order valence-electron chi connectivity index (χ0n) is 17.8. The van der Waals surface area contributed by atoms with Crippen molar-refractivity contribution in [2.75, 3.05) is 6.61 Å². The maximum atomic E-state index is 11.0. The molecule has 0 spiro atoms. The van der Waals surface area contributed by atoms with Crippen LogP contribution in [0.2, 0.25) is 0 Å². The molecular weight excluding hydrogens is 418 g/mol. The fraction of sp³-hybridized carbons (Fsp3) is 0.185. The van der Waals surface area contributed by atoms with Crippen molar-refractivity contribution >= 4 is 16.9 Å². The first-order valence-electron chi connectivity index (χ1n) is 10.8. The van der Waals surface area contributed by atoms with Crippen LogP contribution in [0.25, 0.3) is 10.9 Å². The van der Waals surface area contributed by atoms with E-state index in [4.69, 9.17) is 14.6 Å². The van der Waals surface area contributed by atoms with Crippen molar-refractivity contribution in [1.82, 2.24) is 4.98 Å². The van der Waals surface area contributed by atoms with E-state index in [1.807, 2.05) is 54.6 Å².